The first kappa shape index (κ1) is 12.3. The average Bonchev–Trinajstić information content (AvgIpc) is 2.70. The number of hydrogen-bond acceptors (Lipinski definition) is 3. The summed E-state index contributed by atoms with van der Waals surface area (Å²) in [5.41, 5.74) is 0. The molecule has 0 aromatic rings. The first-order valence-corrected chi connectivity index (χ1v) is 8.04. The van der Waals surface area contributed by atoms with Crippen LogP contribution >= 0.6 is 0 Å². The van der Waals surface area contributed by atoms with Crippen LogP contribution in [0.4, 0.5) is 0 Å². The molecule has 1 saturated heterocycles. The normalized spacial score (nSPS) is 28.4. The van der Waals surface area contributed by atoms with Crippen molar-refractivity contribution in [2.24, 2.45) is 0 Å². The maximum Gasteiger partial charge on any atom is 0.213 e. The Morgan fingerprint density at radius 1 is 1.06 bits per heavy atom. The highest BCUT2D eigenvalue weighted by molar-refractivity contribution is 7.89. The smallest absolute Gasteiger partial charge is 0.213 e. The standard InChI is InChI=1S/C11H22N2O2S/c14-16(15,9-11-7-4-8-12-11)13-10-5-2-1-3-6-10/h10-13H,1-9H2. The van der Waals surface area contributed by atoms with Crippen LogP contribution in [0.2, 0.25) is 0 Å². The Bertz CT molecular complexity index is 304. The molecule has 94 valence electrons. The fourth-order valence-electron chi connectivity index (χ4n) is 2.69. The molecule has 2 aliphatic rings. The van der Waals surface area contributed by atoms with Crippen molar-refractivity contribution in [3.63, 3.8) is 0 Å². The van der Waals surface area contributed by atoms with Crippen molar-refractivity contribution in [3.05, 3.63) is 0 Å². The van der Waals surface area contributed by atoms with Gasteiger partial charge in [-0.15, -0.1) is 0 Å². The van der Waals surface area contributed by atoms with E-state index >= 15 is 0 Å². The van der Waals surface area contributed by atoms with E-state index < -0.39 is 10.0 Å². The molecule has 2 fully saturated rings. The summed E-state index contributed by atoms with van der Waals surface area (Å²) in [7, 11) is -3.08. The van der Waals surface area contributed by atoms with Crippen LogP contribution in [0.25, 0.3) is 0 Å². The van der Waals surface area contributed by atoms with Crippen molar-refractivity contribution in [3.8, 4) is 0 Å². The Morgan fingerprint density at radius 2 is 1.81 bits per heavy atom. The monoisotopic (exact) mass is 246 g/mol. The van der Waals surface area contributed by atoms with Gasteiger partial charge in [0.2, 0.25) is 10.0 Å². The Kier molecular flexibility index (Phi) is 4.21. The van der Waals surface area contributed by atoms with Crippen molar-refractivity contribution in [1.82, 2.24) is 10.0 Å². The third-order valence-electron chi connectivity index (χ3n) is 3.53. The van der Waals surface area contributed by atoms with E-state index in [-0.39, 0.29) is 17.8 Å². The van der Waals surface area contributed by atoms with E-state index in [0.717, 1.165) is 45.1 Å². The van der Waals surface area contributed by atoms with Crippen molar-refractivity contribution < 1.29 is 8.42 Å². The minimum Gasteiger partial charge on any atom is -0.313 e. The average molecular weight is 246 g/mol. The lowest BCUT2D eigenvalue weighted by Gasteiger charge is -2.23. The van der Waals surface area contributed by atoms with Gasteiger partial charge in [0.05, 0.1) is 5.75 Å². The molecule has 2 N–H and O–H groups in total. The Morgan fingerprint density at radius 3 is 2.44 bits per heavy atom. The van der Waals surface area contributed by atoms with Gasteiger partial charge in [-0.05, 0) is 32.2 Å². The summed E-state index contributed by atoms with van der Waals surface area (Å²) in [6.07, 6.45) is 7.69. The molecule has 0 radical (unpaired) electrons. The van der Waals surface area contributed by atoms with E-state index in [1.165, 1.54) is 6.42 Å². The van der Waals surface area contributed by atoms with Crippen molar-refractivity contribution in [2.45, 2.75) is 57.0 Å². The SMILES string of the molecule is O=S(=O)(CC1CCCN1)NC1CCCCC1. The zero-order chi connectivity index (χ0) is 11.4. The Labute approximate surface area is 98.2 Å². The first-order valence-electron chi connectivity index (χ1n) is 6.39. The minimum atomic E-state index is -3.08. The summed E-state index contributed by atoms with van der Waals surface area (Å²) in [6, 6.07) is 0.362. The lowest BCUT2D eigenvalue weighted by atomic mass is 9.96. The van der Waals surface area contributed by atoms with E-state index in [1.807, 2.05) is 0 Å². The van der Waals surface area contributed by atoms with Crippen LogP contribution in [0.3, 0.4) is 0 Å². The van der Waals surface area contributed by atoms with Gasteiger partial charge in [-0.25, -0.2) is 13.1 Å². The molecule has 0 aromatic carbocycles. The van der Waals surface area contributed by atoms with E-state index in [2.05, 4.69) is 10.0 Å². The number of sulfonamides is 1. The van der Waals surface area contributed by atoms with Gasteiger partial charge in [-0.3, -0.25) is 0 Å². The van der Waals surface area contributed by atoms with Crippen LogP contribution in [-0.4, -0.2) is 32.8 Å². The maximum atomic E-state index is 11.9. The second-order valence-electron chi connectivity index (χ2n) is 5.03. The molecule has 1 aliphatic carbocycles. The third kappa shape index (κ3) is 3.71. The molecule has 1 heterocycles. The molecule has 1 atom stereocenters. The van der Waals surface area contributed by atoms with Crippen LogP contribution in [0.15, 0.2) is 0 Å². The summed E-state index contributed by atoms with van der Waals surface area (Å²) in [6.45, 7) is 0.962. The second kappa shape index (κ2) is 5.47. The summed E-state index contributed by atoms with van der Waals surface area (Å²) in [4.78, 5) is 0. The van der Waals surface area contributed by atoms with E-state index in [4.69, 9.17) is 0 Å². The lowest BCUT2D eigenvalue weighted by Crippen LogP contribution is -2.42. The highest BCUT2D eigenvalue weighted by atomic mass is 32.2. The van der Waals surface area contributed by atoms with Crippen molar-refractivity contribution in [1.29, 1.82) is 0 Å². The van der Waals surface area contributed by atoms with Gasteiger partial charge >= 0.3 is 0 Å². The maximum absolute atomic E-state index is 11.9. The molecule has 1 aliphatic heterocycles. The van der Waals surface area contributed by atoms with Gasteiger partial charge in [0.1, 0.15) is 0 Å². The topological polar surface area (TPSA) is 58.2 Å². The van der Waals surface area contributed by atoms with E-state index in [9.17, 15) is 8.42 Å². The van der Waals surface area contributed by atoms with Gasteiger partial charge < -0.3 is 5.32 Å². The summed E-state index contributed by atoms with van der Waals surface area (Å²) < 4.78 is 26.7. The van der Waals surface area contributed by atoms with Crippen LogP contribution in [0, 0.1) is 0 Å². The molecule has 0 amide bonds. The first-order chi connectivity index (χ1) is 7.66. The molecular formula is C11H22N2O2S. The summed E-state index contributed by atoms with van der Waals surface area (Å²) >= 11 is 0. The molecule has 16 heavy (non-hydrogen) atoms. The molecule has 4 nitrogen and oxygen atoms in total. The summed E-state index contributed by atoms with van der Waals surface area (Å²) in [5, 5.41) is 3.23. The van der Waals surface area contributed by atoms with Gasteiger partial charge in [-0.2, -0.15) is 0 Å². The fourth-order valence-corrected chi connectivity index (χ4v) is 4.34. The molecule has 0 aromatic heterocycles. The van der Waals surface area contributed by atoms with Crippen LogP contribution < -0.4 is 10.0 Å². The lowest BCUT2D eigenvalue weighted by molar-refractivity contribution is 0.411. The van der Waals surface area contributed by atoms with Crippen LogP contribution in [-0.2, 0) is 10.0 Å². The zero-order valence-corrected chi connectivity index (χ0v) is 10.6. The van der Waals surface area contributed by atoms with Gasteiger partial charge in [-0.1, -0.05) is 19.3 Å². The summed E-state index contributed by atoms with van der Waals surface area (Å²) in [5.74, 6) is 0.253. The molecule has 1 saturated carbocycles. The van der Waals surface area contributed by atoms with Crippen molar-refractivity contribution >= 4 is 10.0 Å². The van der Waals surface area contributed by atoms with Gasteiger partial charge in [0.25, 0.3) is 0 Å². The molecule has 0 spiro atoms. The molecule has 5 heteroatoms. The number of hydrogen-bond donors (Lipinski definition) is 2. The highest BCUT2D eigenvalue weighted by Gasteiger charge is 2.25. The minimum absolute atomic E-state index is 0.168. The predicted octanol–water partition coefficient (Wildman–Crippen LogP) is 0.990. The van der Waals surface area contributed by atoms with Gasteiger partial charge in [0, 0.05) is 12.1 Å². The molecular weight excluding hydrogens is 224 g/mol. The zero-order valence-electron chi connectivity index (χ0n) is 9.74. The van der Waals surface area contributed by atoms with E-state index in [0.29, 0.717) is 0 Å². The molecule has 1 unspecified atom stereocenters. The largest absolute Gasteiger partial charge is 0.313 e. The number of rotatable bonds is 4. The van der Waals surface area contributed by atoms with Crippen molar-refractivity contribution in [2.75, 3.05) is 12.3 Å². The molecule has 2 rings (SSSR count). The number of nitrogens with one attached hydrogen (secondary N) is 2. The second-order valence-corrected chi connectivity index (χ2v) is 6.83. The van der Waals surface area contributed by atoms with E-state index in [1.54, 1.807) is 0 Å². The van der Waals surface area contributed by atoms with Crippen LogP contribution in [0.1, 0.15) is 44.9 Å². The Balaban J connectivity index is 1.81. The Hall–Kier alpha value is -0.130. The van der Waals surface area contributed by atoms with Crippen LogP contribution in [0.5, 0.6) is 0 Å². The quantitative estimate of drug-likeness (QED) is 0.778. The molecule has 0 bridgehead atoms. The third-order valence-corrected chi connectivity index (χ3v) is 5.07. The fraction of sp³-hybridized carbons (Fsp3) is 1.00. The predicted molar refractivity (Wildman–Crippen MR) is 64.8 cm³/mol. The van der Waals surface area contributed by atoms with Gasteiger partial charge in [0.15, 0.2) is 0 Å². The highest BCUT2D eigenvalue weighted by Crippen LogP contribution is 2.18.